The van der Waals surface area contributed by atoms with Crippen molar-refractivity contribution in [1.29, 1.82) is 0 Å². The molecule has 2 fully saturated rings. The van der Waals surface area contributed by atoms with E-state index in [1.54, 1.807) is 6.92 Å². The number of rotatable bonds is 4. The van der Waals surface area contributed by atoms with Gasteiger partial charge in [0.05, 0.1) is 0 Å². The number of aromatic amines is 1. The first-order chi connectivity index (χ1) is 11.4. The Morgan fingerprint density at radius 3 is 2.42 bits per heavy atom. The van der Waals surface area contributed by atoms with Gasteiger partial charge in [-0.25, -0.2) is 0 Å². The number of nitrogens with one attached hydrogen (secondary N) is 2. The van der Waals surface area contributed by atoms with Crippen molar-refractivity contribution >= 4 is 11.7 Å². The standard InChI is InChI=1S/C19H29N3O2/c1-4-15-16(11(3)23)10(2)21-18(15)19(24)22-17-12-6-5-7-13(17)9-14(20)8-12/h12-14,17,21H,4-9,20H2,1-3H3,(H,22,24). The largest absolute Gasteiger partial charge is 0.354 e. The van der Waals surface area contributed by atoms with E-state index in [0.717, 1.165) is 36.9 Å². The van der Waals surface area contributed by atoms with Crippen LogP contribution in [0.25, 0.3) is 0 Å². The summed E-state index contributed by atoms with van der Waals surface area (Å²) in [5.41, 5.74) is 9.04. The van der Waals surface area contributed by atoms with Crippen LogP contribution in [-0.4, -0.2) is 28.8 Å². The molecular weight excluding hydrogens is 302 g/mol. The van der Waals surface area contributed by atoms with Crippen LogP contribution in [0, 0.1) is 18.8 Å². The normalized spacial score (nSPS) is 29.3. The van der Waals surface area contributed by atoms with E-state index in [1.807, 2.05) is 13.8 Å². The third-order valence-electron chi connectivity index (χ3n) is 5.90. The van der Waals surface area contributed by atoms with Crippen LogP contribution in [0.1, 0.15) is 78.1 Å². The second-order valence-corrected chi connectivity index (χ2v) is 7.57. The second-order valence-electron chi connectivity index (χ2n) is 7.57. The third kappa shape index (κ3) is 3.02. The fourth-order valence-electron chi connectivity index (χ4n) is 4.95. The molecule has 3 rings (SSSR count). The van der Waals surface area contributed by atoms with E-state index in [9.17, 15) is 9.59 Å². The van der Waals surface area contributed by atoms with Crippen LogP contribution in [0.15, 0.2) is 0 Å². The van der Waals surface area contributed by atoms with Crippen LogP contribution in [-0.2, 0) is 6.42 Å². The van der Waals surface area contributed by atoms with Gasteiger partial charge in [-0.2, -0.15) is 0 Å². The lowest BCUT2D eigenvalue weighted by Gasteiger charge is -2.45. The predicted molar refractivity (Wildman–Crippen MR) is 94.2 cm³/mol. The number of Topliss-reactive ketones (excluding diaryl/α,β-unsaturated/α-hetero) is 1. The quantitative estimate of drug-likeness (QED) is 0.741. The number of fused-ring (bicyclic) bond motifs is 2. The van der Waals surface area contributed by atoms with Gasteiger partial charge in [0.15, 0.2) is 5.78 Å². The molecule has 1 amide bonds. The number of carbonyl (C=O) groups is 2. The van der Waals surface area contributed by atoms with Gasteiger partial charge in [0.1, 0.15) is 5.69 Å². The van der Waals surface area contributed by atoms with Gasteiger partial charge < -0.3 is 16.0 Å². The monoisotopic (exact) mass is 331 g/mol. The summed E-state index contributed by atoms with van der Waals surface area (Å²) in [5.74, 6) is 0.926. The molecule has 5 heteroatoms. The fourth-order valence-corrected chi connectivity index (χ4v) is 4.95. The Morgan fingerprint density at radius 2 is 1.88 bits per heavy atom. The molecule has 2 aliphatic rings. The van der Waals surface area contributed by atoms with Crippen molar-refractivity contribution in [1.82, 2.24) is 10.3 Å². The summed E-state index contributed by atoms with van der Waals surface area (Å²) >= 11 is 0. The van der Waals surface area contributed by atoms with Gasteiger partial charge in [0.25, 0.3) is 5.91 Å². The van der Waals surface area contributed by atoms with Gasteiger partial charge in [-0.1, -0.05) is 13.3 Å². The van der Waals surface area contributed by atoms with Gasteiger partial charge in [-0.3, -0.25) is 9.59 Å². The number of ketones is 1. The molecule has 0 radical (unpaired) electrons. The average Bonchev–Trinajstić information content (AvgIpc) is 2.85. The Hall–Kier alpha value is -1.62. The molecule has 132 valence electrons. The van der Waals surface area contributed by atoms with E-state index in [-0.39, 0.29) is 23.8 Å². The number of nitrogens with two attached hydrogens (primary N) is 1. The zero-order chi connectivity index (χ0) is 17.4. The van der Waals surface area contributed by atoms with Gasteiger partial charge in [-0.15, -0.1) is 0 Å². The highest BCUT2D eigenvalue weighted by Gasteiger charge is 2.40. The summed E-state index contributed by atoms with van der Waals surface area (Å²) in [4.78, 5) is 28.0. The van der Waals surface area contributed by atoms with Crippen LogP contribution in [0.3, 0.4) is 0 Å². The molecule has 4 N–H and O–H groups in total. The maximum absolute atomic E-state index is 12.9. The Morgan fingerprint density at radius 1 is 1.25 bits per heavy atom. The number of carbonyl (C=O) groups excluding carboxylic acids is 2. The van der Waals surface area contributed by atoms with Crippen LogP contribution >= 0.6 is 0 Å². The molecule has 1 heterocycles. The highest BCUT2D eigenvalue weighted by Crippen LogP contribution is 2.39. The van der Waals surface area contributed by atoms with Crippen molar-refractivity contribution in [2.45, 2.75) is 71.4 Å². The molecule has 0 aromatic carbocycles. The highest BCUT2D eigenvalue weighted by atomic mass is 16.2. The summed E-state index contributed by atoms with van der Waals surface area (Å²) in [6.07, 6.45) is 6.22. The Balaban J connectivity index is 1.83. The molecule has 2 saturated carbocycles. The van der Waals surface area contributed by atoms with E-state index in [2.05, 4.69) is 10.3 Å². The van der Waals surface area contributed by atoms with Gasteiger partial charge in [0.2, 0.25) is 0 Å². The first-order valence-corrected chi connectivity index (χ1v) is 9.21. The minimum Gasteiger partial charge on any atom is -0.354 e. The molecule has 1 aromatic rings. The van der Waals surface area contributed by atoms with E-state index in [0.29, 0.717) is 29.5 Å². The molecule has 2 unspecified atom stereocenters. The summed E-state index contributed by atoms with van der Waals surface area (Å²) in [6.45, 7) is 5.41. The van der Waals surface area contributed by atoms with Gasteiger partial charge in [-0.05, 0) is 63.4 Å². The molecule has 2 aliphatic carbocycles. The molecule has 2 bridgehead atoms. The van der Waals surface area contributed by atoms with Crippen LogP contribution in [0.5, 0.6) is 0 Å². The number of H-pyrrole nitrogens is 1. The van der Waals surface area contributed by atoms with E-state index >= 15 is 0 Å². The van der Waals surface area contributed by atoms with Crippen LogP contribution in [0.2, 0.25) is 0 Å². The lowest BCUT2D eigenvalue weighted by atomic mass is 9.67. The van der Waals surface area contributed by atoms with Gasteiger partial charge >= 0.3 is 0 Å². The molecule has 0 aliphatic heterocycles. The topological polar surface area (TPSA) is 88.0 Å². The lowest BCUT2D eigenvalue weighted by Crippen LogP contribution is -2.53. The SMILES string of the molecule is CCc1c(C(=O)NC2C3CCCC2CC(N)C3)[nH]c(C)c1C(C)=O. The second kappa shape index (κ2) is 6.71. The summed E-state index contributed by atoms with van der Waals surface area (Å²) in [6, 6.07) is 0.497. The summed E-state index contributed by atoms with van der Waals surface area (Å²) in [5, 5.41) is 3.27. The predicted octanol–water partition coefficient (Wildman–Crippen LogP) is 2.72. The summed E-state index contributed by atoms with van der Waals surface area (Å²) < 4.78 is 0. The minimum atomic E-state index is -0.0696. The number of aryl methyl sites for hydroxylation is 1. The Labute approximate surface area is 143 Å². The first-order valence-electron chi connectivity index (χ1n) is 9.21. The van der Waals surface area contributed by atoms with Crippen molar-refractivity contribution in [3.8, 4) is 0 Å². The number of aromatic nitrogens is 1. The minimum absolute atomic E-state index is 0.0140. The smallest absolute Gasteiger partial charge is 0.268 e. The zero-order valence-electron chi connectivity index (χ0n) is 14.9. The molecule has 1 aromatic heterocycles. The molecule has 0 saturated heterocycles. The zero-order valence-corrected chi connectivity index (χ0v) is 14.9. The van der Waals surface area contributed by atoms with Crippen molar-refractivity contribution < 1.29 is 9.59 Å². The van der Waals surface area contributed by atoms with Crippen molar-refractivity contribution in [3.63, 3.8) is 0 Å². The van der Waals surface area contributed by atoms with E-state index < -0.39 is 0 Å². The third-order valence-corrected chi connectivity index (χ3v) is 5.90. The summed E-state index contributed by atoms with van der Waals surface area (Å²) in [7, 11) is 0. The average molecular weight is 331 g/mol. The lowest BCUT2D eigenvalue weighted by molar-refractivity contribution is 0.0751. The van der Waals surface area contributed by atoms with Crippen LogP contribution < -0.4 is 11.1 Å². The number of hydrogen-bond acceptors (Lipinski definition) is 3. The van der Waals surface area contributed by atoms with Crippen molar-refractivity contribution in [2.75, 3.05) is 0 Å². The molecule has 5 nitrogen and oxygen atoms in total. The molecule has 2 atom stereocenters. The van der Waals surface area contributed by atoms with E-state index in [4.69, 9.17) is 5.73 Å². The molecular formula is C19H29N3O2. The maximum Gasteiger partial charge on any atom is 0.268 e. The molecule has 0 spiro atoms. The highest BCUT2D eigenvalue weighted by molar-refractivity contribution is 6.02. The Kier molecular flexibility index (Phi) is 4.81. The van der Waals surface area contributed by atoms with E-state index in [1.165, 1.54) is 6.42 Å². The van der Waals surface area contributed by atoms with Crippen molar-refractivity contribution in [3.05, 3.63) is 22.5 Å². The van der Waals surface area contributed by atoms with Gasteiger partial charge in [0, 0.05) is 23.3 Å². The van der Waals surface area contributed by atoms with Crippen LogP contribution in [0.4, 0.5) is 0 Å². The Bertz CT molecular complexity index is 635. The fraction of sp³-hybridized carbons (Fsp3) is 0.684. The molecule has 24 heavy (non-hydrogen) atoms. The number of amides is 1. The maximum atomic E-state index is 12.9. The first kappa shape index (κ1) is 17.2. The van der Waals surface area contributed by atoms with Crippen molar-refractivity contribution in [2.24, 2.45) is 17.6 Å². The number of hydrogen-bond donors (Lipinski definition) is 3.